The molecule has 1 aliphatic carbocycles. The molecule has 0 amide bonds. The number of nitrogens with zero attached hydrogens (tertiary/aromatic N) is 1. The molecule has 2 rings (SSSR count). The van der Waals surface area contributed by atoms with E-state index in [9.17, 15) is 5.11 Å². The first-order valence-electron chi connectivity index (χ1n) is 7.59. The molecule has 1 aromatic rings. The zero-order valence-corrected chi connectivity index (χ0v) is 13.1. The summed E-state index contributed by atoms with van der Waals surface area (Å²) in [5.41, 5.74) is 1.26. The molecule has 1 fully saturated rings. The quantitative estimate of drug-likeness (QED) is 0.908. The molecule has 112 valence electrons. The predicted octanol–water partition coefficient (Wildman–Crippen LogP) is 3.98. The lowest BCUT2D eigenvalue weighted by atomic mass is 9.68. The Balaban J connectivity index is 1.99. The minimum atomic E-state index is -0.418. The summed E-state index contributed by atoms with van der Waals surface area (Å²) in [4.78, 5) is 4.14. The van der Waals surface area contributed by atoms with Gasteiger partial charge in [0.25, 0.3) is 0 Å². The first kappa shape index (κ1) is 15.3. The number of hydrogen-bond donors (Lipinski definition) is 1. The van der Waals surface area contributed by atoms with Crippen molar-refractivity contribution in [2.75, 3.05) is 7.11 Å². The van der Waals surface area contributed by atoms with Crippen LogP contribution in [0.15, 0.2) is 18.5 Å². The number of methoxy groups -OCH3 is 1. The van der Waals surface area contributed by atoms with Crippen LogP contribution in [0.5, 0.6) is 5.75 Å². The fourth-order valence-electron chi connectivity index (χ4n) is 3.28. The van der Waals surface area contributed by atoms with E-state index in [0.29, 0.717) is 17.1 Å². The summed E-state index contributed by atoms with van der Waals surface area (Å²) >= 11 is 0. The van der Waals surface area contributed by atoms with E-state index in [1.807, 2.05) is 6.07 Å². The molecule has 0 aromatic carbocycles. The van der Waals surface area contributed by atoms with E-state index in [-0.39, 0.29) is 0 Å². The lowest BCUT2D eigenvalue weighted by Gasteiger charge is -2.38. The van der Waals surface area contributed by atoms with Crippen molar-refractivity contribution in [2.45, 2.75) is 52.6 Å². The molecule has 3 heteroatoms. The number of ether oxygens (including phenoxy) is 1. The van der Waals surface area contributed by atoms with Crippen LogP contribution in [0.4, 0.5) is 0 Å². The third kappa shape index (κ3) is 3.51. The summed E-state index contributed by atoms with van der Waals surface area (Å²) in [5, 5.41) is 10.6. The molecular weight excluding hydrogens is 250 g/mol. The van der Waals surface area contributed by atoms with Crippen molar-refractivity contribution < 1.29 is 9.84 Å². The molecular formula is C17H27NO2. The number of rotatable bonds is 3. The van der Waals surface area contributed by atoms with Gasteiger partial charge in [-0.3, -0.25) is 4.98 Å². The van der Waals surface area contributed by atoms with Crippen LogP contribution in [-0.2, 0) is 0 Å². The van der Waals surface area contributed by atoms with E-state index in [4.69, 9.17) is 4.74 Å². The van der Waals surface area contributed by atoms with E-state index in [1.165, 1.54) is 12.8 Å². The van der Waals surface area contributed by atoms with Gasteiger partial charge >= 0.3 is 0 Å². The smallest absolute Gasteiger partial charge is 0.137 e. The number of aliphatic hydroxyl groups is 1. The molecule has 1 saturated carbocycles. The monoisotopic (exact) mass is 277 g/mol. The highest BCUT2D eigenvalue weighted by Crippen LogP contribution is 2.43. The molecule has 0 saturated heterocycles. The van der Waals surface area contributed by atoms with Crippen molar-refractivity contribution in [3.63, 3.8) is 0 Å². The van der Waals surface area contributed by atoms with Gasteiger partial charge in [-0.25, -0.2) is 0 Å². The largest absolute Gasteiger partial charge is 0.495 e. The van der Waals surface area contributed by atoms with E-state index in [0.717, 1.165) is 24.3 Å². The third-order valence-corrected chi connectivity index (χ3v) is 4.75. The molecule has 0 aliphatic heterocycles. The van der Waals surface area contributed by atoms with Gasteiger partial charge in [0.15, 0.2) is 0 Å². The minimum Gasteiger partial charge on any atom is -0.495 e. The van der Waals surface area contributed by atoms with E-state index < -0.39 is 6.10 Å². The normalized spacial score (nSPS) is 25.2. The Hall–Kier alpha value is -1.09. The van der Waals surface area contributed by atoms with Crippen LogP contribution in [0.2, 0.25) is 0 Å². The van der Waals surface area contributed by atoms with Crippen molar-refractivity contribution in [3.05, 3.63) is 24.0 Å². The molecule has 1 heterocycles. The number of hydrogen-bond acceptors (Lipinski definition) is 3. The van der Waals surface area contributed by atoms with Crippen molar-refractivity contribution in [1.29, 1.82) is 0 Å². The van der Waals surface area contributed by atoms with Crippen LogP contribution in [0.25, 0.3) is 0 Å². The van der Waals surface area contributed by atoms with Gasteiger partial charge in [-0.15, -0.1) is 0 Å². The van der Waals surface area contributed by atoms with Gasteiger partial charge < -0.3 is 9.84 Å². The Kier molecular flexibility index (Phi) is 4.69. The van der Waals surface area contributed by atoms with E-state index in [2.05, 4.69) is 25.8 Å². The molecule has 1 aliphatic rings. The third-order valence-electron chi connectivity index (χ3n) is 4.75. The van der Waals surface area contributed by atoms with Gasteiger partial charge in [-0.2, -0.15) is 0 Å². The molecule has 20 heavy (non-hydrogen) atoms. The summed E-state index contributed by atoms with van der Waals surface area (Å²) in [6.07, 6.45) is 7.63. The SMILES string of the molecule is COc1cncc(C(O)C2CCC(C(C)(C)C)CC2)c1. The van der Waals surface area contributed by atoms with Crippen LogP contribution in [-0.4, -0.2) is 17.2 Å². The molecule has 1 aromatic heterocycles. The Morgan fingerprint density at radius 2 is 1.85 bits per heavy atom. The molecule has 0 radical (unpaired) electrons. The van der Waals surface area contributed by atoms with Gasteiger partial charge in [0, 0.05) is 11.8 Å². The van der Waals surface area contributed by atoms with E-state index >= 15 is 0 Å². The van der Waals surface area contributed by atoms with Crippen molar-refractivity contribution in [2.24, 2.45) is 17.3 Å². The summed E-state index contributed by atoms with van der Waals surface area (Å²) < 4.78 is 5.18. The van der Waals surface area contributed by atoms with Gasteiger partial charge in [-0.05, 0) is 49.0 Å². The van der Waals surface area contributed by atoms with Crippen LogP contribution >= 0.6 is 0 Å². The van der Waals surface area contributed by atoms with Crippen LogP contribution in [0, 0.1) is 17.3 Å². The Morgan fingerprint density at radius 1 is 1.20 bits per heavy atom. The lowest BCUT2D eigenvalue weighted by Crippen LogP contribution is -2.28. The zero-order chi connectivity index (χ0) is 14.8. The molecule has 3 nitrogen and oxygen atoms in total. The maximum atomic E-state index is 10.6. The molecule has 0 bridgehead atoms. The lowest BCUT2D eigenvalue weighted by molar-refractivity contribution is 0.0525. The van der Waals surface area contributed by atoms with Crippen LogP contribution < -0.4 is 4.74 Å². The minimum absolute atomic E-state index is 0.350. The summed E-state index contributed by atoms with van der Waals surface area (Å²) in [5.74, 6) is 1.84. The van der Waals surface area contributed by atoms with Crippen molar-refractivity contribution >= 4 is 0 Å². The highest BCUT2D eigenvalue weighted by atomic mass is 16.5. The van der Waals surface area contributed by atoms with Gasteiger partial charge in [-0.1, -0.05) is 20.8 Å². The topological polar surface area (TPSA) is 42.4 Å². The van der Waals surface area contributed by atoms with Crippen LogP contribution in [0.3, 0.4) is 0 Å². The van der Waals surface area contributed by atoms with E-state index in [1.54, 1.807) is 19.5 Å². The Labute approximate surface area is 122 Å². The molecule has 1 unspecified atom stereocenters. The number of aromatic nitrogens is 1. The maximum absolute atomic E-state index is 10.6. The average molecular weight is 277 g/mol. The second-order valence-electron chi connectivity index (χ2n) is 7.08. The van der Waals surface area contributed by atoms with Crippen LogP contribution in [0.1, 0.15) is 58.1 Å². The molecule has 1 N–H and O–H groups in total. The number of pyridine rings is 1. The fraction of sp³-hybridized carbons (Fsp3) is 0.706. The number of aliphatic hydroxyl groups excluding tert-OH is 1. The van der Waals surface area contributed by atoms with Gasteiger partial charge in [0.05, 0.1) is 19.4 Å². The van der Waals surface area contributed by atoms with Gasteiger partial charge in [0.2, 0.25) is 0 Å². The zero-order valence-electron chi connectivity index (χ0n) is 13.1. The maximum Gasteiger partial charge on any atom is 0.137 e. The molecule has 0 spiro atoms. The second kappa shape index (κ2) is 6.13. The standard InChI is InChI=1S/C17H27NO2/c1-17(2,3)14-7-5-12(6-8-14)16(19)13-9-15(20-4)11-18-10-13/h9-12,14,16,19H,5-8H2,1-4H3. The Morgan fingerprint density at radius 3 is 2.40 bits per heavy atom. The van der Waals surface area contributed by atoms with Gasteiger partial charge in [0.1, 0.15) is 5.75 Å². The highest BCUT2D eigenvalue weighted by Gasteiger charge is 2.32. The van der Waals surface area contributed by atoms with Crippen molar-refractivity contribution in [1.82, 2.24) is 4.98 Å². The summed E-state index contributed by atoms with van der Waals surface area (Å²) in [7, 11) is 1.63. The van der Waals surface area contributed by atoms with Crippen molar-refractivity contribution in [3.8, 4) is 5.75 Å². The Bertz CT molecular complexity index is 431. The summed E-state index contributed by atoms with van der Waals surface area (Å²) in [6.45, 7) is 6.96. The average Bonchev–Trinajstić information content (AvgIpc) is 2.46. The predicted molar refractivity (Wildman–Crippen MR) is 80.7 cm³/mol. The summed E-state index contributed by atoms with van der Waals surface area (Å²) in [6, 6.07) is 1.90. The fourth-order valence-corrected chi connectivity index (χ4v) is 3.28. The molecule has 1 atom stereocenters. The first-order chi connectivity index (χ1) is 9.41. The first-order valence-corrected chi connectivity index (χ1v) is 7.59. The second-order valence-corrected chi connectivity index (χ2v) is 7.08. The highest BCUT2D eigenvalue weighted by molar-refractivity contribution is 5.25.